The second-order valence-electron chi connectivity index (χ2n) is 3.94. The van der Waals surface area contributed by atoms with Gasteiger partial charge < -0.3 is 0 Å². The molecule has 0 atom stereocenters. The minimum atomic E-state index is 1.26. The number of hydrogen-bond acceptors (Lipinski definition) is 1. The first-order valence-corrected chi connectivity index (χ1v) is 6.75. The Morgan fingerprint density at radius 1 is 1.07 bits per heavy atom. The predicted molar refractivity (Wildman–Crippen MR) is 64.9 cm³/mol. The third-order valence-electron chi connectivity index (χ3n) is 2.59. The lowest BCUT2D eigenvalue weighted by atomic mass is 10.1. The zero-order valence-corrected chi connectivity index (χ0v) is 10.0. The van der Waals surface area contributed by atoms with Gasteiger partial charge in [0.2, 0.25) is 0 Å². The molecule has 14 heavy (non-hydrogen) atoms. The number of thiophene rings is 1. The molecule has 1 heteroatoms. The highest BCUT2D eigenvalue weighted by Gasteiger charge is 1.94. The average Bonchev–Trinajstić information content (AvgIpc) is 2.69. The predicted octanol–water partition coefficient (Wildman–Crippen LogP) is 4.84. The first-order chi connectivity index (χ1) is 6.93. The van der Waals surface area contributed by atoms with E-state index in [2.05, 4.69) is 23.8 Å². The van der Waals surface area contributed by atoms with Crippen molar-refractivity contribution < 1.29 is 0 Å². The summed E-state index contributed by atoms with van der Waals surface area (Å²) in [5.41, 5.74) is 1.48. The van der Waals surface area contributed by atoms with E-state index in [-0.39, 0.29) is 0 Å². The van der Waals surface area contributed by atoms with Crippen molar-refractivity contribution in [1.82, 2.24) is 0 Å². The molecule has 1 rings (SSSR count). The van der Waals surface area contributed by atoms with Crippen LogP contribution in [0.2, 0.25) is 0 Å². The van der Waals surface area contributed by atoms with Crippen LogP contribution in [0.1, 0.15) is 57.4 Å². The van der Waals surface area contributed by atoms with Crippen LogP contribution in [0.4, 0.5) is 0 Å². The quantitative estimate of drug-likeness (QED) is 0.537. The first-order valence-electron chi connectivity index (χ1n) is 5.87. The van der Waals surface area contributed by atoms with Crippen LogP contribution in [-0.4, -0.2) is 0 Å². The average molecular weight is 209 g/mol. The Labute approximate surface area is 92.4 Å². The molecule has 0 aromatic carbocycles. The summed E-state index contributed by atoms with van der Waals surface area (Å²) >= 11 is 1.69. The van der Waals surface area contributed by atoms with Crippen LogP contribution in [0.3, 0.4) is 0 Å². The maximum absolute atomic E-state index is 3.14. The van der Waals surface area contributed by atoms with Gasteiger partial charge in [-0.1, -0.05) is 45.4 Å². The van der Waals surface area contributed by atoms with E-state index in [1.807, 2.05) is 0 Å². The monoisotopic (exact) mass is 209 g/mol. The van der Waals surface area contributed by atoms with Crippen LogP contribution in [0, 0.1) is 5.38 Å². The van der Waals surface area contributed by atoms with Gasteiger partial charge in [0.1, 0.15) is 0 Å². The zero-order chi connectivity index (χ0) is 10.1. The summed E-state index contributed by atoms with van der Waals surface area (Å²) in [6.45, 7) is 2.27. The van der Waals surface area contributed by atoms with E-state index in [1.54, 1.807) is 11.3 Å². The number of hydrogen-bond donors (Lipinski definition) is 0. The summed E-state index contributed by atoms with van der Waals surface area (Å²) in [5, 5.41) is 5.36. The molecule has 1 aromatic heterocycles. The van der Waals surface area contributed by atoms with E-state index in [9.17, 15) is 0 Å². The van der Waals surface area contributed by atoms with Crippen molar-refractivity contribution in [2.75, 3.05) is 0 Å². The highest BCUT2D eigenvalue weighted by Crippen LogP contribution is 2.12. The Hall–Kier alpha value is -0.300. The molecule has 1 aromatic rings. The Bertz CT molecular complexity index is 201. The van der Waals surface area contributed by atoms with Crippen molar-refractivity contribution in [1.29, 1.82) is 0 Å². The lowest BCUT2D eigenvalue weighted by molar-refractivity contribution is 0.589. The Kier molecular flexibility index (Phi) is 6.77. The highest BCUT2D eigenvalue weighted by molar-refractivity contribution is 7.07. The molecule has 0 N–H and O–H groups in total. The summed E-state index contributed by atoms with van der Waals surface area (Å²) in [4.78, 5) is 0. The molecular weight excluding hydrogens is 188 g/mol. The van der Waals surface area contributed by atoms with Crippen LogP contribution in [-0.2, 0) is 6.42 Å². The van der Waals surface area contributed by atoms with Gasteiger partial charge in [0.05, 0.1) is 0 Å². The number of unbranched alkanes of at least 4 members (excludes halogenated alkanes) is 6. The van der Waals surface area contributed by atoms with Gasteiger partial charge in [-0.15, -0.1) is 11.3 Å². The molecule has 0 bridgehead atoms. The Balaban J connectivity index is 1.85. The minimum Gasteiger partial charge on any atom is -0.143 e. The largest absolute Gasteiger partial charge is 0.143 e. The van der Waals surface area contributed by atoms with E-state index in [4.69, 9.17) is 0 Å². The fourth-order valence-electron chi connectivity index (χ4n) is 1.67. The molecule has 1 heterocycles. The summed E-state index contributed by atoms with van der Waals surface area (Å²) < 4.78 is 0. The SMILES string of the molecule is CCCCCCCCCc1c[c]sc1. The van der Waals surface area contributed by atoms with Gasteiger partial charge in [-0.2, -0.15) is 0 Å². The highest BCUT2D eigenvalue weighted by atomic mass is 32.1. The van der Waals surface area contributed by atoms with Gasteiger partial charge in [-0.05, 0) is 29.9 Å². The van der Waals surface area contributed by atoms with E-state index in [1.165, 1.54) is 56.9 Å². The van der Waals surface area contributed by atoms with Gasteiger partial charge >= 0.3 is 0 Å². The molecule has 1 radical (unpaired) electrons. The summed E-state index contributed by atoms with van der Waals surface area (Å²) in [6, 6.07) is 2.13. The topological polar surface area (TPSA) is 0 Å². The fraction of sp³-hybridized carbons (Fsp3) is 0.692. The van der Waals surface area contributed by atoms with Crippen molar-refractivity contribution in [2.45, 2.75) is 58.3 Å². The van der Waals surface area contributed by atoms with Crippen LogP contribution in [0.25, 0.3) is 0 Å². The lowest BCUT2D eigenvalue weighted by Gasteiger charge is -1.99. The molecule has 0 spiro atoms. The van der Waals surface area contributed by atoms with E-state index in [0.717, 1.165) is 0 Å². The molecule has 0 fully saturated rings. The smallest absolute Gasteiger partial charge is 0.0445 e. The molecule has 0 aliphatic carbocycles. The maximum atomic E-state index is 3.14. The molecule has 0 saturated heterocycles. The van der Waals surface area contributed by atoms with Crippen LogP contribution >= 0.6 is 11.3 Å². The molecule has 0 amide bonds. The summed E-state index contributed by atoms with van der Waals surface area (Å²) in [6.07, 6.45) is 11.1. The molecule has 0 saturated carbocycles. The third kappa shape index (κ3) is 5.43. The first kappa shape index (κ1) is 11.8. The van der Waals surface area contributed by atoms with Crippen LogP contribution in [0.5, 0.6) is 0 Å². The van der Waals surface area contributed by atoms with E-state index < -0.39 is 0 Å². The Morgan fingerprint density at radius 2 is 1.79 bits per heavy atom. The number of aryl methyl sites for hydroxylation is 1. The summed E-state index contributed by atoms with van der Waals surface area (Å²) in [7, 11) is 0. The van der Waals surface area contributed by atoms with Gasteiger partial charge in [-0.25, -0.2) is 0 Å². The second-order valence-corrected chi connectivity index (χ2v) is 4.65. The van der Waals surface area contributed by atoms with Gasteiger partial charge in [-0.3, -0.25) is 0 Å². The standard InChI is InChI=1S/C13H21S/c1-2-3-4-5-6-7-8-9-13-10-11-14-12-13/h10,12H,2-9H2,1H3. The molecule has 0 aliphatic heterocycles. The second kappa shape index (κ2) is 8.05. The van der Waals surface area contributed by atoms with Gasteiger partial charge in [0.15, 0.2) is 0 Å². The fourth-order valence-corrected chi connectivity index (χ4v) is 2.30. The number of rotatable bonds is 8. The molecule has 0 unspecified atom stereocenters. The van der Waals surface area contributed by atoms with E-state index >= 15 is 0 Å². The van der Waals surface area contributed by atoms with Crippen molar-refractivity contribution in [3.05, 3.63) is 22.4 Å². The lowest BCUT2D eigenvalue weighted by Crippen LogP contribution is -1.83. The van der Waals surface area contributed by atoms with Crippen molar-refractivity contribution >= 4 is 11.3 Å². The van der Waals surface area contributed by atoms with Gasteiger partial charge in [0, 0.05) is 5.38 Å². The van der Waals surface area contributed by atoms with Crippen LogP contribution in [0.15, 0.2) is 11.4 Å². The van der Waals surface area contributed by atoms with Crippen molar-refractivity contribution in [3.8, 4) is 0 Å². The zero-order valence-electron chi connectivity index (χ0n) is 9.22. The summed E-state index contributed by atoms with van der Waals surface area (Å²) in [5.74, 6) is 0. The van der Waals surface area contributed by atoms with Crippen molar-refractivity contribution in [2.24, 2.45) is 0 Å². The normalized spacial score (nSPS) is 10.6. The van der Waals surface area contributed by atoms with Gasteiger partial charge in [0.25, 0.3) is 0 Å². The molecule has 0 nitrogen and oxygen atoms in total. The molecular formula is C13H21S. The molecule has 79 valence electrons. The van der Waals surface area contributed by atoms with E-state index in [0.29, 0.717) is 0 Å². The Morgan fingerprint density at radius 3 is 2.43 bits per heavy atom. The van der Waals surface area contributed by atoms with Crippen LogP contribution < -0.4 is 0 Å². The minimum absolute atomic E-state index is 1.26. The van der Waals surface area contributed by atoms with Crippen molar-refractivity contribution in [3.63, 3.8) is 0 Å². The third-order valence-corrected chi connectivity index (χ3v) is 3.27. The maximum Gasteiger partial charge on any atom is 0.0445 e. The molecule has 0 aliphatic rings.